The molecule has 8 heteroatoms. The van der Waals surface area contributed by atoms with Crippen LogP contribution < -0.4 is 10.0 Å². The van der Waals surface area contributed by atoms with Gasteiger partial charge < -0.3 is 15.0 Å². The van der Waals surface area contributed by atoms with Crippen molar-refractivity contribution in [2.45, 2.75) is 63.6 Å². The highest BCUT2D eigenvalue weighted by Crippen LogP contribution is 2.18. The van der Waals surface area contributed by atoms with Crippen molar-refractivity contribution < 1.29 is 13.2 Å². The molecule has 0 radical (unpaired) electrons. The van der Waals surface area contributed by atoms with E-state index in [1.807, 2.05) is 39.8 Å². The molecule has 1 saturated heterocycles. The number of hydrogen-bond acceptors (Lipinski definition) is 4. The van der Waals surface area contributed by atoms with Crippen LogP contribution in [0.5, 0.6) is 0 Å². The van der Waals surface area contributed by atoms with Crippen molar-refractivity contribution >= 4 is 16.0 Å². The number of ether oxygens (including phenoxy) is 1. The molecule has 158 valence electrons. The Hall–Kier alpha value is -1.64. The summed E-state index contributed by atoms with van der Waals surface area (Å²) in [4.78, 5) is 6.86. The van der Waals surface area contributed by atoms with Gasteiger partial charge in [0.2, 0.25) is 10.0 Å². The van der Waals surface area contributed by atoms with Crippen molar-refractivity contribution in [3.05, 3.63) is 29.8 Å². The van der Waals surface area contributed by atoms with Crippen molar-refractivity contribution in [1.82, 2.24) is 14.9 Å². The standard InChI is InChI=1S/C20H34N4O3S/c1-6-27-17-11-13-24(14-12-17)19(21-5)22-15-16-9-7-8-10-18(16)28(25,26)23-20(2,3)4/h7-10,17,23H,6,11-15H2,1-5H3,(H,21,22). The van der Waals surface area contributed by atoms with E-state index in [2.05, 4.69) is 19.9 Å². The van der Waals surface area contributed by atoms with Crippen LogP contribution in [-0.4, -0.2) is 57.7 Å². The van der Waals surface area contributed by atoms with E-state index in [1.165, 1.54) is 0 Å². The number of guanidine groups is 1. The van der Waals surface area contributed by atoms with E-state index in [1.54, 1.807) is 19.2 Å². The zero-order valence-corrected chi connectivity index (χ0v) is 18.5. The van der Waals surface area contributed by atoms with Gasteiger partial charge in [-0.25, -0.2) is 13.1 Å². The fourth-order valence-corrected chi connectivity index (χ4v) is 5.01. The second kappa shape index (κ2) is 9.71. The lowest BCUT2D eigenvalue weighted by atomic mass is 10.1. The van der Waals surface area contributed by atoms with Gasteiger partial charge in [0.1, 0.15) is 0 Å². The predicted octanol–water partition coefficient (Wildman–Crippen LogP) is 2.34. The number of hydrogen-bond donors (Lipinski definition) is 2. The van der Waals surface area contributed by atoms with Crippen LogP contribution in [-0.2, 0) is 21.3 Å². The van der Waals surface area contributed by atoms with E-state index in [-0.39, 0.29) is 0 Å². The molecular formula is C20H34N4O3S. The van der Waals surface area contributed by atoms with E-state index < -0.39 is 15.6 Å². The number of nitrogens with one attached hydrogen (secondary N) is 2. The molecule has 0 aliphatic carbocycles. The van der Waals surface area contributed by atoms with Gasteiger partial charge in [0.05, 0.1) is 11.0 Å². The van der Waals surface area contributed by atoms with Gasteiger partial charge in [-0.05, 0) is 52.2 Å². The number of sulfonamides is 1. The summed E-state index contributed by atoms with van der Waals surface area (Å²) >= 11 is 0. The molecule has 0 spiro atoms. The molecule has 0 saturated carbocycles. The number of aliphatic imine (C=N–C) groups is 1. The lowest BCUT2D eigenvalue weighted by Gasteiger charge is -2.34. The molecule has 0 amide bonds. The average Bonchev–Trinajstić information content (AvgIpc) is 2.62. The summed E-state index contributed by atoms with van der Waals surface area (Å²) in [7, 11) is -1.85. The van der Waals surface area contributed by atoms with Crippen LogP contribution in [0, 0.1) is 0 Å². The van der Waals surface area contributed by atoms with E-state index in [9.17, 15) is 8.42 Å². The first-order valence-corrected chi connectivity index (χ1v) is 11.3. The third-order valence-electron chi connectivity index (χ3n) is 4.50. The van der Waals surface area contributed by atoms with E-state index >= 15 is 0 Å². The molecule has 28 heavy (non-hydrogen) atoms. The molecule has 1 fully saturated rings. The fourth-order valence-electron chi connectivity index (χ4n) is 3.35. The van der Waals surface area contributed by atoms with E-state index in [4.69, 9.17) is 4.74 Å². The van der Waals surface area contributed by atoms with Crippen LogP contribution in [0.3, 0.4) is 0 Å². The minimum absolute atomic E-state index is 0.294. The topological polar surface area (TPSA) is 83.0 Å². The maximum atomic E-state index is 12.8. The van der Waals surface area contributed by atoms with Crippen LogP contribution >= 0.6 is 0 Å². The lowest BCUT2D eigenvalue weighted by molar-refractivity contribution is 0.0263. The zero-order valence-electron chi connectivity index (χ0n) is 17.7. The number of likely N-dealkylation sites (tertiary alicyclic amines) is 1. The molecule has 0 atom stereocenters. The van der Waals surface area contributed by atoms with Crippen LogP contribution in [0.25, 0.3) is 0 Å². The molecule has 1 aromatic rings. The van der Waals surface area contributed by atoms with E-state index in [0.29, 0.717) is 23.1 Å². The molecule has 1 aliphatic rings. The van der Waals surface area contributed by atoms with Gasteiger partial charge in [-0.15, -0.1) is 0 Å². The van der Waals surface area contributed by atoms with Crippen LogP contribution in [0.2, 0.25) is 0 Å². The highest BCUT2D eigenvalue weighted by atomic mass is 32.2. The Balaban J connectivity index is 2.06. The first-order chi connectivity index (χ1) is 13.2. The van der Waals surface area contributed by atoms with E-state index in [0.717, 1.165) is 38.5 Å². The SMILES string of the molecule is CCOC1CCN(C(=NC)NCc2ccccc2S(=O)(=O)NC(C)(C)C)CC1. The molecule has 1 aliphatic heterocycles. The predicted molar refractivity (Wildman–Crippen MR) is 113 cm³/mol. The van der Waals surface area contributed by atoms with Crippen molar-refractivity contribution in [1.29, 1.82) is 0 Å². The number of benzene rings is 1. The third kappa shape index (κ3) is 6.46. The van der Waals surface area contributed by atoms with Gasteiger partial charge in [0, 0.05) is 38.8 Å². The fraction of sp³-hybridized carbons (Fsp3) is 0.650. The summed E-state index contributed by atoms with van der Waals surface area (Å²) < 4.78 is 34.0. The Morgan fingerprint density at radius 3 is 2.46 bits per heavy atom. The second-order valence-electron chi connectivity index (χ2n) is 8.01. The Morgan fingerprint density at radius 1 is 1.25 bits per heavy atom. The molecule has 1 aromatic carbocycles. The Kier molecular flexibility index (Phi) is 7.86. The van der Waals surface area contributed by atoms with Gasteiger partial charge in [-0.1, -0.05) is 18.2 Å². The van der Waals surface area contributed by atoms with Crippen LogP contribution in [0.15, 0.2) is 34.2 Å². The smallest absolute Gasteiger partial charge is 0.241 e. The highest BCUT2D eigenvalue weighted by molar-refractivity contribution is 7.89. The van der Waals surface area contributed by atoms with Crippen molar-refractivity contribution in [3.63, 3.8) is 0 Å². The van der Waals surface area contributed by atoms with Gasteiger partial charge in [0.15, 0.2) is 5.96 Å². The second-order valence-corrected chi connectivity index (χ2v) is 9.66. The quantitative estimate of drug-likeness (QED) is 0.556. The molecular weight excluding hydrogens is 376 g/mol. The summed E-state index contributed by atoms with van der Waals surface area (Å²) in [6.45, 7) is 10.4. The summed E-state index contributed by atoms with van der Waals surface area (Å²) in [6.07, 6.45) is 2.25. The number of nitrogens with zero attached hydrogens (tertiary/aromatic N) is 2. The monoisotopic (exact) mass is 410 g/mol. The molecule has 2 N–H and O–H groups in total. The molecule has 0 bridgehead atoms. The lowest BCUT2D eigenvalue weighted by Crippen LogP contribution is -2.47. The minimum Gasteiger partial charge on any atom is -0.378 e. The number of rotatable bonds is 6. The average molecular weight is 411 g/mol. The number of piperidine rings is 1. The molecule has 0 unspecified atom stereocenters. The summed E-state index contributed by atoms with van der Waals surface area (Å²) in [5, 5.41) is 3.32. The van der Waals surface area contributed by atoms with Gasteiger partial charge in [0.25, 0.3) is 0 Å². The maximum absolute atomic E-state index is 12.8. The third-order valence-corrected chi connectivity index (χ3v) is 6.35. The Bertz CT molecular complexity index is 764. The first kappa shape index (κ1) is 22.6. The summed E-state index contributed by atoms with van der Waals surface area (Å²) in [6, 6.07) is 7.07. The summed E-state index contributed by atoms with van der Waals surface area (Å²) in [5.74, 6) is 0.783. The zero-order chi connectivity index (χ0) is 20.8. The normalized spacial score (nSPS) is 17.0. The molecule has 0 aromatic heterocycles. The van der Waals surface area contributed by atoms with Gasteiger partial charge >= 0.3 is 0 Å². The highest BCUT2D eigenvalue weighted by Gasteiger charge is 2.25. The van der Waals surface area contributed by atoms with Crippen molar-refractivity contribution in [3.8, 4) is 0 Å². The van der Waals surface area contributed by atoms with Gasteiger partial charge in [-0.2, -0.15) is 0 Å². The molecule has 2 rings (SSSR count). The largest absolute Gasteiger partial charge is 0.378 e. The van der Waals surface area contributed by atoms with Crippen molar-refractivity contribution in [2.24, 2.45) is 4.99 Å². The summed E-state index contributed by atoms with van der Waals surface area (Å²) in [5.41, 5.74) is 0.171. The minimum atomic E-state index is -3.60. The molecule has 7 nitrogen and oxygen atoms in total. The first-order valence-electron chi connectivity index (χ1n) is 9.85. The van der Waals surface area contributed by atoms with Crippen molar-refractivity contribution in [2.75, 3.05) is 26.7 Å². The Morgan fingerprint density at radius 2 is 1.89 bits per heavy atom. The van der Waals surface area contributed by atoms with Crippen LogP contribution in [0.4, 0.5) is 0 Å². The van der Waals surface area contributed by atoms with Gasteiger partial charge in [-0.3, -0.25) is 4.99 Å². The maximum Gasteiger partial charge on any atom is 0.241 e. The Labute approximate surface area is 169 Å². The van der Waals surface area contributed by atoms with Crippen LogP contribution in [0.1, 0.15) is 46.1 Å². The molecule has 1 heterocycles.